The van der Waals surface area contributed by atoms with Crippen molar-refractivity contribution >= 4 is 46.1 Å². The zero-order chi connectivity index (χ0) is 31.1. The molecule has 2 heterocycles. The topological polar surface area (TPSA) is 189 Å². The Hall–Kier alpha value is -5.13. The van der Waals surface area contributed by atoms with Crippen molar-refractivity contribution in [3.8, 4) is 0 Å². The van der Waals surface area contributed by atoms with Crippen LogP contribution in [0.1, 0.15) is 75.6 Å². The van der Waals surface area contributed by atoms with Crippen LogP contribution in [-0.4, -0.2) is 43.6 Å². The summed E-state index contributed by atoms with van der Waals surface area (Å²) in [5, 5.41) is 10.6. The number of carbonyl (C=O) groups excluding carboxylic acids is 3. The van der Waals surface area contributed by atoms with Gasteiger partial charge in [0.05, 0.1) is 28.1 Å². The number of unbranched alkanes of at least 4 members (excludes halogenated alkanes) is 2. The summed E-state index contributed by atoms with van der Waals surface area (Å²) in [6.45, 7) is 7.27. The maximum absolute atomic E-state index is 13.2. The molecule has 0 atom stereocenters. The van der Waals surface area contributed by atoms with Crippen molar-refractivity contribution < 1.29 is 14.4 Å². The minimum Gasteiger partial charge on any atom is -0.397 e. The Labute approximate surface area is 250 Å². The summed E-state index contributed by atoms with van der Waals surface area (Å²) < 4.78 is 3.48. The number of aromatic nitrogens is 4. The summed E-state index contributed by atoms with van der Waals surface area (Å²) in [4.78, 5) is 41.4. The molecule has 8 N–H and O–H groups in total. The van der Waals surface area contributed by atoms with E-state index in [9.17, 15) is 14.4 Å². The van der Waals surface area contributed by atoms with Crippen molar-refractivity contribution in [2.75, 3.05) is 22.9 Å². The van der Waals surface area contributed by atoms with Crippen LogP contribution >= 0.6 is 0 Å². The first-order valence-corrected chi connectivity index (χ1v) is 14.4. The van der Waals surface area contributed by atoms with E-state index in [-0.39, 0.29) is 5.91 Å². The Morgan fingerprint density at radius 2 is 1.74 bits per heavy atom. The number of carbonyl (C=O) groups is 3. The predicted octanol–water partition coefficient (Wildman–Crippen LogP) is 3.99. The summed E-state index contributed by atoms with van der Waals surface area (Å²) in [6, 6.07) is 10.1. The Balaban J connectivity index is 1.56. The zero-order valence-corrected chi connectivity index (χ0v) is 24.8. The van der Waals surface area contributed by atoms with Gasteiger partial charge in [-0.2, -0.15) is 5.10 Å². The summed E-state index contributed by atoms with van der Waals surface area (Å²) in [6.07, 6.45) is 7.78. The maximum Gasteiger partial charge on any atom is 0.276 e. The fraction of sp³-hybridized carbons (Fsp3) is 0.323. The highest BCUT2D eigenvalue weighted by Gasteiger charge is 2.18. The van der Waals surface area contributed by atoms with Crippen molar-refractivity contribution in [3.63, 3.8) is 0 Å². The van der Waals surface area contributed by atoms with Gasteiger partial charge < -0.3 is 27.1 Å². The minimum absolute atomic E-state index is 0.323. The molecule has 3 amide bonds. The van der Waals surface area contributed by atoms with E-state index in [1.807, 2.05) is 30.6 Å². The van der Waals surface area contributed by atoms with Gasteiger partial charge in [-0.1, -0.05) is 31.9 Å². The zero-order valence-electron chi connectivity index (χ0n) is 24.8. The van der Waals surface area contributed by atoms with Gasteiger partial charge in [0.2, 0.25) is 17.8 Å². The van der Waals surface area contributed by atoms with E-state index in [4.69, 9.17) is 17.2 Å². The van der Waals surface area contributed by atoms with Crippen molar-refractivity contribution in [2.45, 2.75) is 59.5 Å². The molecule has 12 heteroatoms. The first-order chi connectivity index (χ1) is 20.6. The van der Waals surface area contributed by atoms with Gasteiger partial charge in [0.25, 0.3) is 5.91 Å². The molecular weight excluding hydrogens is 546 g/mol. The highest BCUT2D eigenvalue weighted by molar-refractivity contribution is 6.03. The number of primary amides is 2. The molecule has 0 saturated heterocycles. The van der Waals surface area contributed by atoms with E-state index in [0.29, 0.717) is 53.6 Å². The van der Waals surface area contributed by atoms with E-state index in [2.05, 4.69) is 27.6 Å². The van der Waals surface area contributed by atoms with E-state index in [0.717, 1.165) is 48.1 Å². The number of benzene rings is 2. The summed E-state index contributed by atoms with van der Waals surface area (Å²) in [7, 11) is 0. The standard InChI is InChI=1S/C31H39N9O3/c1-4-6-7-10-20-16-22(29(34)42)17-23(32)27(20)35-13-8-9-14-39-25-12-11-21(28(33)41)18-24(25)36-31(39)37-30(43)26-15-19(3)38-40(26)5-2/h8-9,11-12,15-18,35H,4-7,10,13-14,32H2,1-3H3,(H2,33,41)(H2,34,42)(H,36,37,43)/b9-8+. The molecule has 2 aromatic heterocycles. The highest BCUT2D eigenvalue weighted by Crippen LogP contribution is 2.28. The molecule has 0 radical (unpaired) electrons. The lowest BCUT2D eigenvalue weighted by atomic mass is 10.0. The van der Waals surface area contributed by atoms with Crippen LogP contribution in [0.3, 0.4) is 0 Å². The van der Waals surface area contributed by atoms with Gasteiger partial charge in [-0.25, -0.2) is 4.98 Å². The Morgan fingerprint density at radius 3 is 2.44 bits per heavy atom. The van der Waals surface area contributed by atoms with Crippen LogP contribution in [0.15, 0.2) is 48.6 Å². The van der Waals surface area contributed by atoms with Gasteiger partial charge in [0.15, 0.2) is 0 Å². The smallest absolute Gasteiger partial charge is 0.276 e. The molecule has 4 rings (SSSR count). The molecule has 0 bridgehead atoms. The Bertz CT molecular complexity index is 1680. The number of anilines is 3. The fourth-order valence-electron chi connectivity index (χ4n) is 4.97. The molecule has 0 unspecified atom stereocenters. The number of nitrogen functional groups attached to an aromatic ring is 1. The average Bonchev–Trinajstić information content (AvgIpc) is 3.52. The van der Waals surface area contributed by atoms with Crippen LogP contribution in [-0.2, 0) is 19.5 Å². The van der Waals surface area contributed by atoms with Crippen molar-refractivity contribution in [2.24, 2.45) is 11.5 Å². The lowest BCUT2D eigenvalue weighted by Crippen LogP contribution is -2.19. The van der Waals surface area contributed by atoms with Crippen molar-refractivity contribution in [3.05, 3.63) is 76.6 Å². The molecule has 0 saturated carbocycles. The van der Waals surface area contributed by atoms with Gasteiger partial charge in [-0.05, 0) is 68.7 Å². The fourth-order valence-corrected chi connectivity index (χ4v) is 4.97. The molecular formula is C31H39N9O3. The van der Waals surface area contributed by atoms with E-state index >= 15 is 0 Å². The average molecular weight is 586 g/mol. The number of rotatable bonds is 14. The molecule has 0 spiro atoms. The highest BCUT2D eigenvalue weighted by atomic mass is 16.2. The number of fused-ring (bicyclic) bond motifs is 1. The number of nitrogens with one attached hydrogen (secondary N) is 2. The largest absolute Gasteiger partial charge is 0.397 e. The number of hydrogen-bond donors (Lipinski definition) is 5. The van der Waals surface area contributed by atoms with Gasteiger partial charge in [-0.3, -0.25) is 24.4 Å². The number of nitrogens with two attached hydrogens (primary N) is 3. The molecule has 226 valence electrons. The number of nitrogens with zero attached hydrogens (tertiary/aromatic N) is 4. The molecule has 2 aromatic carbocycles. The van der Waals surface area contributed by atoms with Crippen LogP contribution in [0.2, 0.25) is 0 Å². The Morgan fingerprint density at radius 1 is 0.977 bits per heavy atom. The van der Waals surface area contributed by atoms with Crippen LogP contribution in [0.4, 0.5) is 17.3 Å². The van der Waals surface area contributed by atoms with Crippen molar-refractivity contribution in [1.29, 1.82) is 0 Å². The second kappa shape index (κ2) is 13.7. The van der Waals surface area contributed by atoms with Crippen LogP contribution in [0.5, 0.6) is 0 Å². The first kappa shape index (κ1) is 30.8. The third-order valence-electron chi connectivity index (χ3n) is 7.13. The molecule has 0 aliphatic rings. The number of imidazole rings is 1. The second-order valence-corrected chi connectivity index (χ2v) is 10.3. The third kappa shape index (κ3) is 7.21. The molecule has 0 aliphatic heterocycles. The van der Waals surface area contributed by atoms with E-state index in [1.165, 1.54) is 0 Å². The summed E-state index contributed by atoms with van der Waals surface area (Å²) in [5.74, 6) is -1.09. The quantitative estimate of drug-likeness (QED) is 0.0839. The van der Waals surface area contributed by atoms with Crippen LogP contribution in [0, 0.1) is 6.92 Å². The van der Waals surface area contributed by atoms with Gasteiger partial charge in [0.1, 0.15) is 5.69 Å². The lowest BCUT2D eigenvalue weighted by Gasteiger charge is -2.15. The third-order valence-corrected chi connectivity index (χ3v) is 7.13. The van der Waals surface area contributed by atoms with E-state index in [1.54, 1.807) is 41.1 Å². The number of amides is 3. The SMILES string of the molecule is CCCCCc1cc(C(N)=O)cc(N)c1NC/C=C/Cn1c(NC(=O)c2cc(C)nn2CC)nc2cc(C(N)=O)ccc21. The molecule has 43 heavy (non-hydrogen) atoms. The number of allylic oxidation sites excluding steroid dienone is 1. The molecule has 4 aromatic rings. The molecule has 12 nitrogen and oxygen atoms in total. The lowest BCUT2D eigenvalue weighted by molar-refractivity contribution is 0.0992. The van der Waals surface area contributed by atoms with Crippen molar-refractivity contribution in [1.82, 2.24) is 19.3 Å². The van der Waals surface area contributed by atoms with Gasteiger partial charge in [0, 0.05) is 30.8 Å². The maximum atomic E-state index is 13.2. The van der Waals surface area contributed by atoms with Crippen LogP contribution < -0.4 is 27.8 Å². The van der Waals surface area contributed by atoms with Crippen LogP contribution in [0.25, 0.3) is 11.0 Å². The minimum atomic E-state index is -0.562. The van der Waals surface area contributed by atoms with Gasteiger partial charge in [-0.15, -0.1) is 0 Å². The second-order valence-electron chi connectivity index (χ2n) is 10.3. The Kier molecular flexibility index (Phi) is 9.81. The first-order valence-electron chi connectivity index (χ1n) is 14.4. The summed E-state index contributed by atoms with van der Waals surface area (Å²) in [5.41, 5.74) is 22.6. The van der Waals surface area contributed by atoms with Gasteiger partial charge >= 0.3 is 0 Å². The number of aryl methyl sites for hydroxylation is 3. The molecule has 0 fully saturated rings. The normalized spacial score (nSPS) is 11.3. The molecule has 0 aliphatic carbocycles. The number of hydrogen-bond acceptors (Lipinski definition) is 7. The predicted molar refractivity (Wildman–Crippen MR) is 169 cm³/mol. The monoisotopic (exact) mass is 585 g/mol. The van der Waals surface area contributed by atoms with E-state index < -0.39 is 11.8 Å². The summed E-state index contributed by atoms with van der Waals surface area (Å²) >= 11 is 0.